The van der Waals surface area contributed by atoms with Crippen LogP contribution in [0.5, 0.6) is 11.5 Å². The smallest absolute Gasteiger partial charge is 0.242 e. The van der Waals surface area contributed by atoms with Gasteiger partial charge in [0, 0.05) is 25.6 Å². The summed E-state index contributed by atoms with van der Waals surface area (Å²) >= 11 is 0. The summed E-state index contributed by atoms with van der Waals surface area (Å²) < 4.78 is 37.1. The van der Waals surface area contributed by atoms with Crippen molar-refractivity contribution < 1.29 is 27.5 Å². The van der Waals surface area contributed by atoms with E-state index in [0.29, 0.717) is 23.8 Å². The van der Waals surface area contributed by atoms with E-state index in [4.69, 9.17) is 9.47 Å². The van der Waals surface area contributed by atoms with E-state index < -0.39 is 16.1 Å². The molecular formula is C28H41N3O6S. The fourth-order valence-electron chi connectivity index (χ4n) is 3.89. The van der Waals surface area contributed by atoms with Gasteiger partial charge >= 0.3 is 0 Å². The van der Waals surface area contributed by atoms with Crippen molar-refractivity contribution in [1.82, 2.24) is 10.2 Å². The molecule has 2 rings (SSSR count). The summed E-state index contributed by atoms with van der Waals surface area (Å²) in [6, 6.07) is 13.4. The van der Waals surface area contributed by atoms with Gasteiger partial charge in [-0.15, -0.1) is 0 Å². The first-order chi connectivity index (χ1) is 18.0. The number of hydrogen-bond acceptors (Lipinski definition) is 6. The summed E-state index contributed by atoms with van der Waals surface area (Å²) in [4.78, 5) is 27.9. The van der Waals surface area contributed by atoms with E-state index in [1.54, 1.807) is 38.3 Å². The molecule has 0 heterocycles. The molecule has 210 valence electrons. The zero-order valence-electron chi connectivity index (χ0n) is 23.3. The molecule has 2 amide bonds. The van der Waals surface area contributed by atoms with E-state index in [2.05, 4.69) is 5.32 Å². The summed E-state index contributed by atoms with van der Waals surface area (Å²) in [6.07, 6.45) is 2.28. The number of benzene rings is 2. The van der Waals surface area contributed by atoms with Crippen molar-refractivity contribution in [2.45, 2.75) is 65.6 Å². The lowest BCUT2D eigenvalue weighted by Crippen LogP contribution is -2.49. The summed E-state index contributed by atoms with van der Waals surface area (Å²) in [5.41, 5.74) is 1.32. The summed E-state index contributed by atoms with van der Waals surface area (Å²) in [5.74, 6) is 0.839. The van der Waals surface area contributed by atoms with E-state index in [1.165, 1.54) is 9.21 Å². The SMILES string of the molecule is CCOc1ccc(N(CCCC(=O)N(Cc2cccc(OC)c2)[C@H](C)C(=O)N[C@@H](C)CC)S(C)(=O)=O)cc1. The molecule has 0 aliphatic carbocycles. The molecule has 2 aromatic carbocycles. The molecule has 0 aliphatic rings. The van der Waals surface area contributed by atoms with E-state index in [9.17, 15) is 18.0 Å². The van der Waals surface area contributed by atoms with E-state index in [-0.39, 0.29) is 43.8 Å². The predicted molar refractivity (Wildman–Crippen MR) is 150 cm³/mol. The number of hydrogen-bond donors (Lipinski definition) is 1. The van der Waals surface area contributed by atoms with Gasteiger partial charge < -0.3 is 19.7 Å². The topological polar surface area (TPSA) is 105 Å². The first kappa shape index (κ1) is 31.0. The van der Waals surface area contributed by atoms with Crippen LogP contribution in [0.3, 0.4) is 0 Å². The third kappa shape index (κ3) is 9.24. The van der Waals surface area contributed by atoms with Crippen molar-refractivity contribution in [1.29, 1.82) is 0 Å². The Balaban J connectivity index is 2.18. The molecule has 0 bridgehead atoms. The number of rotatable bonds is 15. The number of methoxy groups -OCH3 is 1. The Hall–Kier alpha value is -3.27. The molecule has 1 N–H and O–H groups in total. The van der Waals surface area contributed by atoms with Gasteiger partial charge in [0.25, 0.3) is 0 Å². The molecule has 2 atom stereocenters. The Labute approximate surface area is 227 Å². The van der Waals surface area contributed by atoms with Crippen LogP contribution in [0.2, 0.25) is 0 Å². The summed E-state index contributed by atoms with van der Waals surface area (Å²) in [6.45, 7) is 8.33. The van der Waals surface area contributed by atoms with Gasteiger partial charge in [-0.05, 0) is 75.6 Å². The standard InChI is InChI=1S/C28H41N3O6S/c1-7-21(3)29-28(33)22(4)30(20-23-11-9-12-26(19-23)36-5)27(32)13-10-18-31(38(6,34)35)24-14-16-25(17-15-24)37-8-2/h9,11-12,14-17,19,21-22H,7-8,10,13,18,20H2,1-6H3,(H,29,33)/t21-,22+/m0/s1. The number of ether oxygens (including phenoxy) is 2. The van der Waals surface area contributed by atoms with Crippen molar-refractivity contribution in [3.63, 3.8) is 0 Å². The number of nitrogens with zero attached hydrogens (tertiary/aromatic N) is 2. The normalized spacial score (nSPS) is 12.8. The molecule has 0 saturated heterocycles. The monoisotopic (exact) mass is 547 g/mol. The van der Waals surface area contributed by atoms with Crippen LogP contribution in [0.15, 0.2) is 48.5 Å². The maximum Gasteiger partial charge on any atom is 0.242 e. The van der Waals surface area contributed by atoms with E-state index in [0.717, 1.165) is 18.2 Å². The zero-order chi connectivity index (χ0) is 28.3. The van der Waals surface area contributed by atoms with E-state index in [1.807, 2.05) is 45.0 Å². The second kappa shape index (κ2) is 14.6. The van der Waals surface area contributed by atoms with Gasteiger partial charge in [-0.3, -0.25) is 13.9 Å². The molecule has 0 aromatic heterocycles. The fraction of sp³-hybridized carbons (Fsp3) is 0.500. The van der Waals surface area contributed by atoms with Crippen molar-refractivity contribution in [2.75, 3.05) is 30.8 Å². The van der Waals surface area contributed by atoms with Crippen LogP contribution in [-0.4, -0.2) is 63.7 Å². The Bertz CT molecular complexity index is 1150. The van der Waals surface area contributed by atoms with Gasteiger partial charge in [-0.25, -0.2) is 8.42 Å². The highest BCUT2D eigenvalue weighted by atomic mass is 32.2. The Morgan fingerprint density at radius 1 is 1.03 bits per heavy atom. The Kier molecular flexibility index (Phi) is 11.9. The van der Waals surface area contributed by atoms with Crippen LogP contribution in [0.1, 0.15) is 52.5 Å². The van der Waals surface area contributed by atoms with Gasteiger partial charge in [-0.2, -0.15) is 0 Å². The predicted octanol–water partition coefficient (Wildman–Crippen LogP) is 3.97. The van der Waals surface area contributed by atoms with Crippen molar-refractivity contribution >= 4 is 27.5 Å². The third-order valence-electron chi connectivity index (χ3n) is 6.24. The lowest BCUT2D eigenvalue weighted by atomic mass is 10.1. The number of carbonyl (C=O) groups is 2. The first-order valence-electron chi connectivity index (χ1n) is 12.9. The van der Waals surface area contributed by atoms with Crippen molar-refractivity contribution in [3.05, 3.63) is 54.1 Å². The fourth-order valence-corrected chi connectivity index (χ4v) is 4.86. The van der Waals surface area contributed by atoms with Gasteiger partial charge in [0.05, 0.1) is 25.7 Å². The molecule has 0 spiro atoms. The summed E-state index contributed by atoms with van der Waals surface area (Å²) in [5, 5.41) is 2.95. The highest BCUT2D eigenvalue weighted by molar-refractivity contribution is 7.92. The minimum atomic E-state index is -3.57. The van der Waals surface area contributed by atoms with Crippen LogP contribution < -0.4 is 19.1 Å². The molecule has 10 heteroatoms. The maximum atomic E-state index is 13.4. The number of nitrogens with one attached hydrogen (secondary N) is 1. The largest absolute Gasteiger partial charge is 0.497 e. The second-order valence-electron chi connectivity index (χ2n) is 9.23. The molecule has 0 fully saturated rings. The van der Waals surface area contributed by atoms with Crippen LogP contribution in [-0.2, 0) is 26.2 Å². The molecule has 0 unspecified atom stereocenters. The summed E-state index contributed by atoms with van der Waals surface area (Å²) in [7, 11) is -2.00. The van der Waals surface area contributed by atoms with Crippen LogP contribution in [0.4, 0.5) is 5.69 Å². The Morgan fingerprint density at radius 3 is 2.29 bits per heavy atom. The number of amides is 2. The molecule has 2 aromatic rings. The Morgan fingerprint density at radius 2 is 1.71 bits per heavy atom. The van der Waals surface area contributed by atoms with Crippen molar-refractivity contribution in [3.8, 4) is 11.5 Å². The molecule has 0 radical (unpaired) electrons. The molecular weight excluding hydrogens is 506 g/mol. The van der Waals surface area contributed by atoms with Crippen LogP contribution in [0, 0.1) is 0 Å². The zero-order valence-corrected chi connectivity index (χ0v) is 24.1. The van der Waals surface area contributed by atoms with Gasteiger partial charge in [0.2, 0.25) is 21.8 Å². The second-order valence-corrected chi connectivity index (χ2v) is 11.1. The lowest BCUT2D eigenvalue weighted by Gasteiger charge is -2.30. The van der Waals surface area contributed by atoms with E-state index >= 15 is 0 Å². The van der Waals surface area contributed by atoms with Gasteiger partial charge in [0.1, 0.15) is 17.5 Å². The first-order valence-corrected chi connectivity index (χ1v) is 14.8. The highest BCUT2D eigenvalue weighted by Gasteiger charge is 2.27. The minimum Gasteiger partial charge on any atom is -0.497 e. The van der Waals surface area contributed by atoms with Crippen LogP contribution in [0.25, 0.3) is 0 Å². The lowest BCUT2D eigenvalue weighted by molar-refractivity contribution is -0.140. The number of sulfonamides is 1. The number of carbonyl (C=O) groups excluding carboxylic acids is 2. The average molecular weight is 548 g/mol. The highest BCUT2D eigenvalue weighted by Crippen LogP contribution is 2.23. The average Bonchev–Trinajstić information content (AvgIpc) is 2.89. The molecule has 0 saturated carbocycles. The number of anilines is 1. The van der Waals surface area contributed by atoms with Gasteiger partial charge in [-0.1, -0.05) is 19.1 Å². The molecule has 0 aliphatic heterocycles. The molecule has 38 heavy (non-hydrogen) atoms. The molecule has 9 nitrogen and oxygen atoms in total. The van der Waals surface area contributed by atoms with Crippen LogP contribution >= 0.6 is 0 Å². The van der Waals surface area contributed by atoms with Crippen molar-refractivity contribution in [2.24, 2.45) is 0 Å². The maximum absolute atomic E-state index is 13.4. The van der Waals surface area contributed by atoms with Gasteiger partial charge in [0.15, 0.2) is 0 Å². The minimum absolute atomic E-state index is 0.0174. The third-order valence-corrected chi connectivity index (χ3v) is 7.44. The quantitative estimate of drug-likeness (QED) is 0.362.